The highest BCUT2D eigenvalue weighted by Crippen LogP contribution is 2.30. The summed E-state index contributed by atoms with van der Waals surface area (Å²) in [6, 6.07) is 21.0. The van der Waals surface area contributed by atoms with E-state index in [4.69, 9.17) is 0 Å². The number of anilines is 2. The number of carbonyl (C=O) groups excluding carboxylic acids is 1. The molecule has 0 aliphatic heterocycles. The molecule has 0 aliphatic rings. The lowest BCUT2D eigenvalue weighted by molar-refractivity contribution is 0.0986. The molecule has 1 N–H and O–H groups in total. The standard InChI is InChI=1S/C26H28N4O3S2/c1-19-9-15-22(16-10-19)35(32,33)28-21-13-11-20(12-14-21)25(31)30(18-6-17-29(2)3)26-27-23-7-4-5-8-24(23)34-26/h4-5,7-16,28H,6,17-18H2,1-3H3. The lowest BCUT2D eigenvalue weighted by atomic mass is 10.2. The Morgan fingerprint density at radius 1 is 0.943 bits per heavy atom. The molecule has 1 aromatic heterocycles. The fourth-order valence-electron chi connectivity index (χ4n) is 3.57. The van der Waals surface area contributed by atoms with Crippen LogP contribution in [0.2, 0.25) is 0 Å². The third-order valence-electron chi connectivity index (χ3n) is 5.46. The summed E-state index contributed by atoms with van der Waals surface area (Å²) in [5, 5.41) is 0.652. The van der Waals surface area contributed by atoms with Crippen LogP contribution in [0.15, 0.2) is 77.7 Å². The third-order valence-corrected chi connectivity index (χ3v) is 7.92. The molecule has 182 valence electrons. The summed E-state index contributed by atoms with van der Waals surface area (Å²) in [6.07, 6.45) is 0.795. The SMILES string of the molecule is Cc1ccc(S(=O)(=O)Nc2ccc(C(=O)N(CCCN(C)C)c3nc4ccccc4s3)cc2)cc1. The van der Waals surface area contributed by atoms with Gasteiger partial charge in [0.1, 0.15) is 0 Å². The lowest BCUT2D eigenvalue weighted by Crippen LogP contribution is -2.33. The molecule has 35 heavy (non-hydrogen) atoms. The zero-order valence-corrected chi connectivity index (χ0v) is 21.6. The van der Waals surface area contributed by atoms with Crippen molar-refractivity contribution in [2.24, 2.45) is 0 Å². The van der Waals surface area contributed by atoms with Crippen molar-refractivity contribution in [2.75, 3.05) is 36.8 Å². The van der Waals surface area contributed by atoms with E-state index in [0.29, 0.717) is 22.9 Å². The number of benzene rings is 3. The molecule has 0 unspecified atom stereocenters. The molecular weight excluding hydrogens is 480 g/mol. The third kappa shape index (κ3) is 6.05. The van der Waals surface area contributed by atoms with Gasteiger partial charge >= 0.3 is 0 Å². The maximum atomic E-state index is 13.5. The first-order valence-electron chi connectivity index (χ1n) is 11.2. The van der Waals surface area contributed by atoms with E-state index >= 15 is 0 Å². The van der Waals surface area contributed by atoms with Crippen LogP contribution in [-0.4, -0.2) is 51.4 Å². The average molecular weight is 509 g/mol. The van der Waals surface area contributed by atoms with Crippen molar-refractivity contribution in [1.82, 2.24) is 9.88 Å². The smallest absolute Gasteiger partial charge is 0.261 e. The number of aryl methyl sites for hydroxylation is 1. The molecule has 4 rings (SSSR count). The summed E-state index contributed by atoms with van der Waals surface area (Å²) in [6.45, 7) is 3.27. The molecule has 0 aliphatic carbocycles. The van der Waals surface area contributed by atoms with Crippen molar-refractivity contribution in [1.29, 1.82) is 0 Å². The van der Waals surface area contributed by atoms with Gasteiger partial charge in [-0.3, -0.25) is 14.4 Å². The molecule has 3 aromatic carbocycles. The van der Waals surface area contributed by atoms with Gasteiger partial charge in [0.25, 0.3) is 15.9 Å². The molecule has 0 saturated carbocycles. The van der Waals surface area contributed by atoms with E-state index in [1.807, 2.05) is 45.3 Å². The second kappa shape index (κ2) is 10.6. The molecule has 1 amide bonds. The van der Waals surface area contributed by atoms with Crippen molar-refractivity contribution in [2.45, 2.75) is 18.2 Å². The van der Waals surface area contributed by atoms with Gasteiger partial charge in [-0.05, 0) is 82.5 Å². The first-order chi connectivity index (χ1) is 16.7. The molecule has 9 heteroatoms. The quantitative estimate of drug-likeness (QED) is 0.344. The second-order valence-corrected chi connectivity index (χ2v) is 11.3. The van der Waals surface area contributed by atoms with Gasteiger partial charge in [0.05, 0.1) is 15.1 Å². The molecule has 0 fully saturated rings. The number of nitrogens with zero attached hydrogens (tertiary/aromatic N) is 3. The molecule has 7 nitrogen and oxygen atoms in total. The van der Waals surface area contributed by atoms with E-state index in [1.54, 1.807) is 53.4 Å². The molecule has 1 heterocycles. The topological polar surface area (TPSA) is 82.6 Å². The molecule has 0 spiro atoms. The summed E-state index contributed by atoms with van der Waals surface area (Å²) < 4.78 is 29.0. The van der Waals surface area contributed by atoms with Crippen LogP contribution in [0.3, 0.4) is 0 Å². The van der Waals surface area contributed by atoms with E-state index in [1.165, 1.54) is 11.3 Å². The Kier molecular flexibility index (Phi) is 7.49. The molecular formula is C26H28N4O3S2. The van der Waals surface area contributed by atoms with Crippen LogP contribution >= 0.6 is 11.3 Å². The number of hydrogen-bond donors (Lipinski definition) is 1. The van der Waals surface area contributed by atoms with Crippen LogP contribution in [0.4, 0.5) is 10.8 Å². The highest BCUT2D eigenvalue weighted by atomic mass is 32.2. The van der Waals surface area contributed by atoms with Gasteiger partial charge < -0.3 is 4.90 Å². The summed E-state index contributed by atoms with van der Waals surface area (Å²) in [7, 11) is 0.285. The van der Waals surface area contributed by atoms with Gasteiger partial charge in [-0.15, -0.1) is 0 Å². The Balaban J connectivity index is 1.55. The van der Waals surface area contributed by atoms with Gasteiger partial charge in [-0.1, -0.05) is 41.2 Å². The van der Waals surface area contributed by atoms with Crippen LogP contribution in [0.25, 0.3) is 10.2 Å². The van der Waals surface area contributed by atoms with E-state index in [0.717, 1.165) is 28.7 Å². The zero-order chi connectivity index (χ0) is 25.0. The Morgan fingerprint density at radius 2 is 1.63 bits per heavy atom. The summed E-state index contributed by atoms with van der Waals surface area (Å²) >= 11 is 1.49. The fraction of sp³-hybridized carbons (Fsp3) is 0.231. The number of thiazole rings is 1. The Bertz CT molecular complexity index is 1380. The Hall–Kier alpha value is -3.27. The summed E-state index contributed by atoms with van der Waals surface area (Å²) in [5.41, 5.74) is 2.70. The van der Waals surface area contributed by atoms with Gasteiger partial charge in [0.15, 0.2) is 5.13 Å². The van der Waals surface area contributed by atoms with Gasteiger partial charge in [0.2, 0.25) is 0 Å². The van der Waals surface area contributed by atoms with Crippen LogP contribution in [0.1, 0.15) is 22.3 Å². The highest BCUT2D eigenvalue weighted by Gasteiger charge is 2.22. The van der Waals surface area contributed by atoms with Gasteiger partial charge in [-0.2, -0.15) is 0 Å². The summed E-state index contributed by atoms with van der Waals surface area (Å²) in [4.78, 5) is 22.1. The van der Waals surface area contributed by atoms with Gasteiger partial charge in [0, 0.05) is 17.8 Å². The van der Waals surface area contributed by atoms with Gasteiger partial charge in [-0.25, -0.2) is 13.4 Å². The monoisotopic (exact) mass is 508 g/mol. The largest absolute Gasteiger partial charge is 0.309 e. The Labute approximate surface area is 210 Å². The van der Waals surface area contributed by atoms with Crippen molar-refractivity contribution >= 4 is 48.3 Å². The van der Waals surface area contributed by atoms with Crippen molar-refractivity contribution in [3.8, 4) is 0 Å². The number of para-hydroxylation sites is 1. The minimum Gasteiger partial charge on any atom is -0.309 e. The highest BCUT2D eigenvalue weighted by molar-refractivity contribution is 7.92. The first kappa shape index (κ1) is 24.8. The normalized spacial score (nSPS) is 11.7. The fourth-order valence-corrected chi connectivity index (χ4v) is 5.62. The second-order valence-electron chi connectivity index (χ2n) is 8.57. The van der Waals surface area contributed by atoms with Crippen LogP contribution < -0.4 is 9.62 Å². The van der Waals surface area contributed by atoms with E-state index < -0.39 is 10.0 Å². The number of aromatic nitrogens is 1. The number of fused-ring (bicyclic) bond motifs is 1. The van der Waals surface area contributed by atoms with Crippen molar-refractivity contribution in [3.05, 3.63) is 83.9 Å². The number of carbonyl (C=O) groups is 1. The predicted octanol–water partition coefficient (Wildman–Crippen LogP) is 5.00. The minimum atomic E-state index is -3.72. The van der Waals surface area contributed by atoms with Crippen LogP contribution in [-0.2, 0) is 10.0 Å². The number of rotatable bonds is 9. The lowest BCUT2D eigenvalue weighted by Gasteiger charge is -2.21. The maximum absolute atomic E-state index is 13.5. The molecule has 0 bridgehead atoms. The van der Waals surface area contributed by atoms with E-state index in [-0.39, 0.29) is 10.8 Å². The van der Waals surface area contributed by atoms with E-state index in [2.05, 4.69) is 14.6 Å². The average Bonchev–Trinajstić information content (AvgIpc) is 3.26. The number of nitrogens with one attached hydrogen (secondary N) is 1. The van der Waals surface area contributed by atoms with Crippen molar-refractivity contribution < 1.29 is 13.2 Å². The number of sulfonamides is 1. The zero-order valence-electron chi connectivity index (χ0n) is 19.9. The molecule has 0 saturated heterocycles. The van der Waals surface area contributed by atoms with E-state index in [9.17, 15) is 13.2 Å². The first-order valence-corrected chi connectivity index (χ1v) is 13.5. The Morgan fingerprint density at radius 3 is 2.29 bits per heavy atom. The molecule has 4 aromatic rings. The maximum Gasteiger partial charge on any atom is 0.261 e. The minimum absolute atomic E-state index is 0.171. The summed E-state index contributed by atoms with van der Waals surface area (Å²) in [5.74, 6) is -0.171. The molecule has 0 atom stereocenters. The molecule has 0 radical (unpaired) electrons. The predicted molar refractivity (Wildman–Crippen MR) is 143 cm³/mol. The van der Waals surface area contributed by atoms with Crippen LogP contribution in [0.5, 0.6) is 0 Å². The number of hydrogen-bond acceptors (Lipinski definition) is 6. The van der Waals surface area contributed by atoms with Crippen molar-refractivity contribution in [3.63, 3.8) is 0 Å². The number of amides is 1. The van der Waals surface area contributed by atoms with Crippen LogP contribution in [0, 0.1) is 6.92 Å².